The molecule has 1 atom stereocenters. The highest BCUT2D eigenvalue weighted by atomic mass is 35.5. The van der Waals surface area contributed by atoms with Crippen molar-refractivity contribution in [2.75, 3.05) is 6.54 Å². The Bertz CT molecular complexity index is 368. The van der Waals surface area contributed by atoms with Crippen LogP contribution >= 0.6 is 23.7 Å². The Morgan fingerprint density at radius 1 is 1.53 bits per heavy atom. The molecule has 0 spiro atoms. The summed E-state index contributed by atoms with van der Waals surface area (Å²) in [5, 5.41) is 5.13. The second-order valence-electron chi connectivity index (χ2n) is 5.26. The van der Waals surface area contributed by atoms with Gasteiger partial charge >= 0.3 is 0 Å². The van der Waals surface area contributed by atoms with Crippen molar-refractivity contribution >= 4 is 29.7 Å². The van der Waals surface area contributed by atoms with Crippen LogP contribution in [-0.2, 0) is 11.2 Å². The van der Waals surface area contributed by atoms with E-state index in [0.717, 1.165) is 12.8 Å². The fourth-order valence-corrected chi connectivity index (χ4v) is 2.44. The van der Waals surface area contributed by atoms with Crippen LogP contribution in [0.5, 0.6) is 0 Å². The summed E-state index contributed by atoms with van der Waals surface area (Å²) in [6, 6.07) is 4.16. The van der Waals surface area contributed by atoms with Gasteiger partial charge in [0.05, 0.1) is 5.54 Å². The van der Waals surface area contributed by atoms with Crippen molar-refractivity contribution in [1.82, 2.24) is 5.32 Å². The zero-order valence-corrected chi connectivity index (χ0v) is 13.6. The van der Waals surface area contributed by atoms with Gasteiger partial charge in [0.1, 0.15) is 0 Å². The van der Waals surface area contributed by atoms with Crippen LogP contribution in [0.3, 0.4) is 0 Å². The summed E-state index contributed by atoms with van der Waals surface area (Å²) in [5.74, 6) is 0.442. The van der Waals surface area contributed by atoms with E-state index in [4.69, 9.17) is 5.73 Å². The van der Waals surface area contributed by atoms with Gasteiger partial charge in [0.15, 0.2) is 0 Å². The molecule has 1 unspecified atom stereocenters. The molecule has 0 aliphatic carbocycles. The van der Waals surface area contributed by atoms with Gasteiger partial charge in [0.25, 0.3) is 0 Å². The third kappa shape index (κ3) is 5.93. The maximum absolute atomic E-state index is 11.9. The number of hydrogen-bond donors (Lipinski definition) is 2. The highest BCUT2D eigenvalue weighted by molar-refractivity contribution is 7.09. The summed E-state index contributed by atoms with van der Waals surface area (Å²) in [4.78, 5) is 13.2. The predicted molar refractivity (Wildman–Crippen MR) is 84.9 cm³/mol. The van der Waals surface area contributed by atoms with E-state index in [9.17, 15) is 4.79 Å². The lowest BCUT2D eigenvalue weighted by Crippen LogP contribution is -2.54. The lowest BCUT2D eigenvalue weighted by Gasteiger charge is -2.33. The van der Waals surface area contributed by atoms with E-state index in [0.29, 0.717) is 18.9 Å². The van der Waals surface area contributed by atoms with Crippen molar-refractivity contribution in [3.05, 3.63) is 22.4 Å². The highest BCUT2D eigenvalue weighted by Crippen LogP contribution is 2.16. The molecule has 1 heterocycles. The summed E-state index contributed by atoms with van der Waals surface area (Å²) < 4.78 is 0. The number of aryl methyl sites for hydroxylation is 1. The average molecular weight is 305 g/mol. The van der Waals surface area contributed by atoms with Gasteiger partial charge in [-0.3, -0.25) is 4.79 Å². The van der Waals surface area contributed by atoms with Crippen LogP contribution < -0.4 is 11.1 Å². The maximum atomic E-state index is 11.9. The van der Waals surface area contributed by atoms with Crippen molar-refractivity contribution in [3.63, 3.8) is 0 Å². The summed E-state index contributed by atoms with van der Waals surface area (Å²) in [7, 11) is 0. The number of hydrogen-bond acceptors (Lipinski definition) is 3. The SMILES string of the molecule is CC(C)C(C)(CN)NC(=O)CCCc1cccs1.Cl. The molecule has 19 heavy (non-hydrogen) atoms. The molecule has 0 aliphatic rings. The van der Waals surface area contributed by atoms with Crippen molar-refractivity contribution in [2.45, 2.75) is 45.6 Å². The molecule has 3 nitrogen and oxygen atoms in total. The van der Waals surface area contributed by atoms with E-state index in [1.54, 1.807) is 11.3 Å². The van der Waals surface area contributed by atoms with Crippen molar-refractivity contribution < 1.29 is 4.79 Å². The summed E-state index contributed by atoms with van der Waals surface area (Å²) >= 11 is 1.75. The van der Waals surface area contributed by atoms with Crippen molar-refractivity contribution in [3.8, 4) is 0 Å². The van der Waals surface area contributed by atoms with E-state index >= 15 is 0 Å². The van der Waals surface area contributed by atoms with Gasteiger partial charge in [-0.05, 0) is 37.1 Å². The number of rotatable bonds is 7. The Morgan fingerprint density at radius 3 is 2.68 bits per heavy atom. The molecule has 110 valence electrons. The molecule has 1 rings (SSSR count). The first-order chi connectivity index (χ1) is 8.48. The number of nitrogens with two attached hydrogens (primary N) is 1. The summed E-state index contributed by atoms with van der Waals surface area (Å²) in [6.45, 7) is 6.65. The van der Waals surface area contributed by atoms with Gasteiger partial charge in [-0.25, -0.2) is 0 Å². The van der Waals surface area contributed by atoms with E-state index in [1.165, 1.54) is 4.88 Å². The quantitative estimate of drug-likeness (QED) is 0.813. The second-order valence-corrected chi connectivity index (χ2v) is 6.29. The minimum atomic E-state index is -0.292. The van der Waals surface area contributed by atoms with Gasteiger partial charge in [-0.1, -0.05) is 19.9 Å². The number of amides is 1. The zero-order valence-electron chi connectivity index (χ0n) is 11.9. The molecule has 3 N–H and O–H groups in total. The van der Waals surface area contributed by atoms with E-state index < -0.39 is 0 Å². The van der Waals surface area contributed by atoms with Gasteiger partial charge in [-0.15, -0.1) is 23.7 Å². The van der Waals surface area contributed by atoms with Gasteiger partial charge in [0, 0.05) is 17.8 Å². The molecular formula is C14H25ClN2OS. The maximum Gasteiger partial charge on any atom is 0.220 e. The minimum Gasteiger partial charge on any atom is -0.349 e. The van der Waals surface area contributed by atoms with Crippen LogP contribution in [0.15, 0.2) is 17.5 Å². The Balaban J connectivity index is 0.00000324. The van der Waals surface area contributed by atoms with E-state index in [2.05, 4.69) is 30.6 Å². The Labute approximate surface area is 126 Å². The van der Waals surface area contributed by atoms with Crippen LogP contribution in [0.4, 0.5) is 0 Å². The monoisotopic (exact) mass is 304 g/mol. The number of nitrogens with one attached hydrogen (secondary N) is 1. The molecule has 1 amide bonds. The number of carbonyl (C=O) groups excluding carboxylic acids is 1. The van der Waals surface area contributed by atoms with Crippen LogP contribution in [0.1, 0.15) is 38.5 Å². The fourth-order valence-electron chi connectivity index (χ4n) is 1.69. The predicted octanol–water partition coefficient (Wildman–Crippen LogP) is 2.98. The molecule has 1 aromatic rings. The van der Waals surface area contributed by atoms with Crippen molar-refractivity contribution in [2.24, 2.45) is 11.7 Å². The molecule has 0 radical (unpaired) electrons. The summed E-state index contributed by atoms with van der Waals surface area (Å²) in [6.07, 6.45) is 2.44. The van der Waals surface area contributed by atoms with Gasteiger partial charge < -0.3 is 11.1 Å². The highest BCUT2D eigenvalue weighted by Gasteiger charge is 2.28. The first-order valence-corrected chi connectivity index (χ1v) is 7.39. The number of halogens is 1. The second kappa shape index (κ2) is 8.56. The molecule has 0 aromatic carbocycles. The molecule has 0 bridgehead atoms. The molecule has 0 saturated heterocycles. The van der Waals surface area contributed by atoms with Crippen LogP contribution in [0, 0.1) is 5.92 Å². The van der Waals surface area contributed by atoms with Crippen LogP contribution in [0.25, 0.3) is 0 Å². The molecule has 5 heteroatoms. The first kappa shape index (κ1) is 18.4. The smallest absolute Gasteiger partial charge is 0.220 e. The Morgan fingerprint density at radius 2 is 2.21 bits per heavy atom. The normalized spacial score (nSPS) is 13.7. The Kier molecular flexibility index (Phi) is 8.30. The first-order valence-electron chi connectivity index (χ1n) is 6.51. The number of thiophene rings is 1. The minimum absolute atomic E-state index is 0. The van der Waals surface area contributed by atoms with Crippen LogP contribution in [0.2, 0.25) is 0 Å². The molecule has 0 aliphatic heterocycles. The average Bonchev–Trinajstić information content (AvgIpc) is 2.81. The van der Waals surface area contributed by atoms with Gasteiger partial charge in [0.2, 0.25) is 5.91 Å². The fraction of sp³-hybridized carbons (Fsp3) is 0.643. The lowest BCUT2D eigenvalue weighted by atomic mass is 9.88. The molecule has 1 aromatic heterocycles. The van der Waals surface area contributed by atoms with Crippen molar-refractivity contribution in [1.29, 1.82) is 0 Å². The molecule has 0 fully saturated rings. The topological polar surface area (TPSA) is 55.1 Å². The third-order valence-electron chi connectivity index (χ3n) is 3.53. The Hall–Kier alpha value is -0.580. The van der Waals surface area contributed by atoms with Crippen LogP contribution in [-0.4, -0.2) is 18.0 Å². The standard InChI is InChI=1S/C14H24N2OS.ClH/c1-11(2)14(3,10-15)16-13(17)8-4-6-12-7-5-9-18-12;/h5,7,9,11H,4,6,8,10,15H2,1-3H3,(H,16,17);1H. The third-order valence-corrected chi connectivity index (χ3v) is 4.47. The molecule has 0 saturated carbocycles. The summed E-state index contributed by atoms with van der Waals surface area (Å²) in [5.41, 5.74) is 5.46. The number of carbonyl (C=O) groups is 1. The largest absolute Gasteiger partial charge is 0.349 e. The van der Waals surface area contributed by atoms with Gasteiger partial charge in [-0.2, -0.15) is 0 Å². The lowest BCUT2D eigenvalue weighted by molar-refractivity contribution is -0.123. The molecular weight excluding hydrogens is 280 g/mol. The van der Waals surface area contributed by atoms with E-state index in [1.807, 2.05) is 13.0 Å². The zero-order chi connectivity index (χ0) is 13.6. The van der Waals surface area contributed by atoms with E-state index in [-0.39, 0.29) is 23.9 Å².